The summed E-state index contributed by atoms with van der Waals surface area (Å²) < 4.78 is 13.1. The van der Waals surface area contributed by atoms with Crippen LogP contribution in [0.1, 0.15) is 11.1 Å². The molecule has 0 heterocycles. The van der Waals surface area contributed by atoms with Crippen LogP contribution in [-0.2, 0) is 0 Å². The van der Waals surface area contributed by atoms with Crippen molar-refractivity contribution in [3.8, 4) is 0 Å². The van der Waals surface area contributed by atoms with Crippen molar-refractivity contribution >= 4 is 11.8 Å². The highest BCUT2D eigenvalue weighted by Gasteiger charge is 2.01. The van der Waals surface area contributed by atoms with E-state index in [1.165, 1.54) is 12.3 Å². The van der Waals surface area contributed by atoms with Crippen molar-refractivity contribution in [3.05, 3.63) is 41.3 Å². The van der Waals surface area contributed by atoms with E-state index >= 15 is 0 Å². The van der Waals surface area contributed by atoms with Gasteiger partial charge in [0.15, 0.2) is 0 Å². The summed E-state index contributed by atoms with van der Waals surface area (Å²) in [7, 11) is 0. The van der Waals surface area contributed by atoms with Crippen LogP contribution in [0.4, 0.5) is 4.39 Å². The van der Waals surface area contributed by atoms with Crippen LogP contribution in [0.25, 0.3) is 5.57 Å². The van der Waals surface area contributed by atoms with Gasteiger partial charge in [-0.15, -0.1) is 0 Å². The first-order valence-electron chi connectivity index (χ1n) is 3.88. The van der Waals surface area contributed by atoms with Crippen LogP contribution in [0.5, 0.6) is 0 Å². The Kier molecular flexibility index (Phi) is 2.80. The molecule has 0 saturated heterocycles. The number of nitrogens with two attached hydrogens (primary N) is 1. The molecule has 0 aliphatic rings. The van der Waals surface area contributed by atoms with Crippen LogP contribution in [0.15, 0.2) is 24.4 Å². The average Bonchev–Trinajstić information content (AvgIpc) is 2.13. The highest BCUT2D eigenvalue weighted by atomic mass is 19.1. The van der Waals surface area contributed by atoms with Crippen molar-refractivity contribution in [3.63, 3.8) is 0 Å². The van der Waals surface area contributed by atoms with Crippen LogP contribution >= 0.6 is 0 Å². The van der Waals surface area contributed by atoms with Crippen molar-refractivity contribution in [1.82, 2.24) is 0 Å². The van der Waals surface area contributed by atoms with E-state index in [1.807, 2.05) is 0 Å². The Hall–Kier alpha value is -1.64. The second-order valence-corrected chi connectivity index (χ2v) is 2.73. The Balaban J connectivity index is 3.17. The van der Waals surface area contributed by atoms with E-state index in [-0.39, 0.29) is 5.82 Å². The standard InChI is InChI=1S/C10H11FN2/c1-7-2-3-8(4-10(7)11)9(5-12)6-13/h2-6,12H,13H2,1H3/b9-6+,12-5?. The number of hydrogen-bond donors (Lipinski definition) is 2. The SMILES string of the molecule is Cc1ccc(/C(C=N)=C/N)cc1F. The molecule has 13 heavy (non-hydrogen) atoms. The maximum Gasteiger partial charge on any atom is 0.126 e. The van der Waals surface area contributed by atoms with Crippen LogP contribution in [0, 0.1) is 18.2 Å². The molecule has 3 heteroatoms. The molecule has 0 atom stereocenters. The van der Waals surface area contributed by atoms with E-state index in [2.05, 4.69) is 0 Å². The Bertz CT molecular complexity index is 356. The van der Waals surface area contributed by atoms with Crippen LogP contribution < -0.4 is 5.73 Å². The number of hydrogen-bond acceptors (Lipinski definition) is 2. The molecule has 0 unspecified atom stereocenters. The lowest BCUT2D eigenvalue weighted by Gasteiger charge is -2.02. The normalized spacial score (nSPS) is 11.4. The minimum absolute atomic E-state index is 0.279. The highest BCUT2D eigenvalue weighted by Crippen LogP contribution is 2.15. The predicted octanol–water partition coefficient (Wildman–Crippen LogP) is 2.08. The molecule has 0 fully saturated rings. The molecule has 0 bridgehead atoms. The molecule has 1 aromatic rings. The fraction of sp³-hybridized carbons (Fsp3) is 0.100. The highest BCUT2D eigenvalue weighted by molar-refractivity contribution is 6.08. The predicted molar refractivity (Wildman–Crippen MR) is 52.1 cm³/mol. The fourth-order valence-corrected chi connectivity index (χ4v) is 1.00. The van der Waals surface area contributed by atoms with Gasteiger partial charge in [-0.1, -0.05) is 12.1 Å². The Labute approximate surface area is 76.4 Å². The van der Waals surface area contributed by atoms with Gasteiger partial charge >= 0.3 is 0 Å². The summed E-state index contributed by atoms with van der Waals surface area (Å²) in [5.74, 6) is -0.279. The summed E-state index contributed by atoms with van der Waals surface area (Å²) >= 11 is 0. The molecule has 0 amide bonds. The molecular weight excluding hydrogens is 167 g/mol. The molecule has 0 aliphatic carbocycles. The number of allylic oxidation sites excluding steroid dienone is 1. The molecule has 0 aliphatic heterocycles. The zero-order chi connectivity index (χ0) is 9.84. The fourth-order valence-electron chi connectivity index (χ4n) is 1.00. The second kappa shape index (κ2) is 3.85. The third-order valence-corrected chi connectivity index (χ3v) is 1.84. The number of aryl methyl sites for hydroxylation is 1. The zero-order valence-corrected chi connectivity index (χ0v) is 7.34. The molecular formula is C10H11FN2. The van der Waals surface area contributed by atoms with Crippen molar-refractivity contribution in [2.75, 3.05) is 0 Å². The van der Waals surface area contributed by atoms with Crippen LogP contribution in [0.3, 0.4) is 0 Å². The van der Waals surface area contributed by atoms with Gasteiger partial charge in [-0.25, -0.2) is 4.39 Å². The molecule has 1 rings (SSSR count). The van der Waals surface area contributed by atoms with E-state index in [9.17, 15) is 4.39 Å². The van der Waals surface area contributed by atoms with Gasteiger partial charge in [0.05, 0.1) is 0 Å². The largest absolute Gasteiger partial charge is 0.404 e. The Morgan fingerprint density at radius 1 is 1.54 bits per heavy atom. The van der Waals surface area contributed by atoms with Gasteiger partial charge in [0.25, 0.3) is 0 Å². The average molecular weight is 178 g/mol. The number of halogens is 1. The molecule has 0 saturated carbocycles. The van der Waals surface area contributed by atoms with Gasteiger partial charge in [0.1, 0.15) is 5.82 Å². The maximum absolute atomic E-state index is 13.1. The molecule has 3 N–H and O–H groups in total. The summed E-state index contributed by atoms with van der Waals surface area (Å²) in [6.07, 6.45) is 2.39. The minimum atomic E-state index is -0.279. The second-order valence-electron chi connectivity index (χ2n) is 2.73. The van der Waals surface area contributed by atoms with E-state index in [4.69, 9.17) is 11.1 Å². The topological polar surface area (TPSA) is 49.9 Å². The summed E-state index contributed by atoms with van der Waals surface area (Å²) in [5.41, 5.74) is 6.99. The third kappa shape index (κ3) is 1.93. The van der Waals surface area contributed by atoms with E-state index in [0.717, 1.165) is 6.21 Å². The number of nitrogens with one attached hydrogen (secondary N) is 1. The lowest BCUT2D eigenvalue weighted by molar-refractivity contribution is 0.618. The van der Waals surface area contributed by atoms with Crippen molar-refractivity contribution in [2.45, 2.75) is 6.92 Å². The lowest BCUT2D eigenvalue weighted by Crippen LogP contribution is -1.92. The molecule has 68 valence electrons. The Morgan fingerprint density at radius 3 is 2.69 bits per heavy atom. The molecule has 0 spiro atoms. The zero-order valence-electron chi connectivity index (χ0n) is 7.34. The number of rotatable bonds is 2. The van der Waals surface area contributed by atoms with Crippen LogP contribution in [-0.4, -0.2) is 6.21 Å². The van der Waals surface area contributed by atoms with E-state index in [0.29, 0.717) is 16.7 Å². The van der Waals surface area contributed by atoms with Gasteiger partial charge in [-0.05, 0) is 24.1 Å². The van der Waals surface area contributed by atoms with E-state index in [1.54, 1.807) is 19.1 Å². The van der Waals surface area contributed by atoms with Crippen molar-refractivity contribution < 1.29 is 4.39 Å². The molecule has 0 aromatic heterocycles. The van der Waals surface area contributed by atoms with Crippen LogP contribution in [0.2, 0.25) is 0 Å². The first kappa shape index (κ1) is 9.45. The maximum atomic E-state index is 13.1. The number of benzene rings is 1. The minimum Gasteiger partial charge on any atom is -0.404 e. The van der Waals surface area contributed by atoms with E-state index < -0.39 is 0 Å². The smallest absolute Gasteiger partial charge is 0.126 e. The first-order valence-corrected chi connectivity index (χ1v) is 3.88. The van der Waals surface area contributed by atoms with Gasteiger partial charge in [0, 0.05) is 18.0 Å². The van der Waals surface area contributed by atoms with Crippen molar-refractivity contribution in [1.29, 1.82) is 5.41 Å². The Morgan fingerprint density at radius 2 is 2.23 bits per heavy atom. The summed E-state index contributed by atoms with van der Waals surface area (Å²) in [5, 5.41) is 7.03. The third-order valence-electron chi connectivity index (χ3n) is 1.84. The summed E-state index contributed by atoms with van der Waals surface area (Å²) in [4.78, 5) is 0. The summed E-state index contributed by atoms with van der Waals surface area (Å²) in [6.45, 7) is 1.69. The summed E-state index contributed by atoms with van der Waals surface area (Å²) in [6, 6.07) is 4.78. The van der Waals surface area contributed by atoms with Gasteiger partial charge < -0.3 is 11.1 Å². The lowest BCUT2D eigenvalue weighted by atomic mass is 10.1. The van der Waals surface area contributed by atoms with Gasteiger partial charge in [0.2, 0.25) is 0 Å². The first-order chi connectivity index (χ1) is 6.19. The molecule has 2 nitrogen and oxygen atoms in total. The molecule has 0 radical (unpaired) electrons. The van der Waals surface area contributed by atoms with Gasteiger partial charge in [-0.3, -0.25) is 0 Å². The molecule has 1 aromatic carbocycles. The van der Waals surface area contributed by atoms with Gasteiger partial charge in [-0.2, -0.15) is 0 Å². The monoisotopic (exact) mass is 178 g/mol. The van der Waals surface area contributed by atoms with Crippen molar-refractivity contribution in [2.24, 2.45) is 5.73 Å². The quantitative estimate of drug-likeness (QED) is 0.669.